The van der Waals surface area contributed by atoms with Crippen molar-refractivity contribution >= 4 is 70.3 Å². The third-order valence-corrected chi connectivity index (χ3v) is 10.4. The fraction of sp³-hybridized carbons (Fsp3) is 0.0811. The van der Waals surface area contributed by atoms with E-state index in [0.29, 0.717) is 5.92 Å². The lowest BCUT2D eigenvalue weighted by Gasteiger charge is -2.27. The summed E-state index contributed by atoms with van der Waals surface area (Å²) in [6.45, 7) is 2.36. The van der Waals surface area contributed by atoms with Crippen LogP contribution in [0.15, 0.2) is 103 Å². The van der Waals surface area contributed by atoms with Crippen molar-refractivity contribution in [1.82, 2.24) is 14.5 Å². The number of fused-ring (bicyclic) bond motifs is 7. The van der Waals surface area contributed by atoms with E-state index in [0.717, 1.165) is 16.2 Å². The molecule has 0 N–H and O–H groups in total. The zero-order valence-corrected chi connectivity index (χ0v) is 23.1. The molecule has 0 amide bonds. The topological polar surface area (TPSA) is 30.7 Å². The number of nitrogens with zero attached hydrogens (tertiary/aromatic N) is 3. The fourth-order valence-corrected chi connectivity index (χ4v) is 8.69. The molecule has 2 unspecified atom stereocenters. The van der Waals surface area contributed by atoms with Crippen molar-refractivity contribution in [2.45, 2.75) is 12.8 Å². The average molecular weight is 542 g/mol. The SMILES string of the molecule is CC1C=Cc2c3c4c(cccc4n2-c2cnc4c(n2)sc2ccc5ccccc5c24)-c2cccc4cccc(c24)C31. The lowest BCUT2D eigenvalue weighted by Crippen LogP contribution is -2.15. The predicted molar refractivity (Wildman–Crippen MR) is 172 cm³/mol. The molecule has 0 fully saturated rings. The number of allylic oxidation sites excluding steroid dienone is 1. The number of thiophene rings is 1. The molecule has 2 atom stereocenters. The lowest BCUT2D eigenvalue weighted by molar-refractivity contribution is 0.624. The molecule has 10 rings (SSSR count). The van der Waals surface area contributed by atoms with Gasteiger partial charge < -0.3 is 0 Å². The predicted octanol–water partition coefficient (Wildman–Crippen LogP) is 9.87. The second-order valence-electron chi connectivity index (χ2n) is 11.4. The van der Waals surface area contributed by atoms with E-state index in [1.807, 2.05) is 6.20 Å². The van der Waals surface area contributed by atoms with E-state index in [1.165, 1.54) is 70.5 Å². The Morgan fingerprint density at radius 2 is 1.56 bits per heavy atom. The van der Waals surface area contributed by atoms with Gasteiger partial charge in [0, 0.05) is 21.4 Å². The summed E-state index contributed by atoms with van der Waals surface area (Å²) in [5.74, 6) is 1.54. The van der Waals surface area contributed by atoms with Gasteiger partial charge in [-0.3, -0.25) is 4.57 Å². The van der Waals surface area contributed by atoms with Crippen molar-refractivity contribution in [1.29, 1.82) is 0 Å². The third kappa shape index (κ3) is 2.73. The van der Waals surface area contributed by atoms with Gasteiger partial charge in [-0.1, -0.05) is 91.9 Å². The highest BCUT2D eigenvalue weighted by molar-refractivity contribution is 7.25. The zero-order valence-electron chi connectivity index (χ0n) is 22.3. The van der Waals surface area contributed by atoms with Crippen LogP contribution in [-0.2, 0) is 0 Å². The molecule has 2 aliphatic rings. The quantitative estimate of drug-likeness (QED) is 0.207. The van der Waals surface area contributed by atoms with Crippen LogP contribution < -0.4 is 0 Å². The smallest absolute Gasteiger partial charge is 0.157 e. The molecule has 41 heavy (non-hydrogen) atoms. The Bertz CT molecular complexity index is 2450. The molecule has 192 valence electrons. The molecule has 4 heteroatoms. The standard InChI is InChI=1S/C37H23N3S/c1-20-15-17-28-35-31(20)26-13-5-9-22-8-4-11-24(32(22)26)25-12-6-14-27(33(25)35)40(28)30-19-38-36-34-23-10-3-2-7-21(23)16-18-29(34)41-37(36)39-30/h2-20,31H,1H3. The molecule has 3 nitrogen and oxygen atoms in total. The molecule has 0 spiro atoms. The highest BCUT2D eigenvalue weighted by atomic mass is 32.1. The molecular weight excluding hydrogens is 518 g/mol. The Hall–Kier alpha value is -4.80. The van der Waals surface area contributed by atoms with Crippen molar-refractivity contribution < 1.29 is 0 Å². The van der Waals surface area contributed by atoms with Gasteiger partial charge in [0.05, 0.1) is 17.4 Å². The number of hydrogen-bond donors (Lipinski definition) is 0. The summed E-state index contributed by atoms with van der Waals surface area (Å²) in [7, 11) is 0. The summed E-state index contributed by atoms with van der Waals surface area (Å²) in [5.41, 5.74) is 8.87. The highest BCUT2D eigenvalue weighted by Gasteiger charge is 2.35. The Balaban J connectivity index is 1.31. The van der Waals surface area contributed by atoms with Gasteiger partial charge in [0.15, 0.2) is 5.82 Å². The van der Waals surface area contributed by atoms with Crippen LogP contribution in [0, 0.1) is 5.92 Å². The van der Waals surface area contributed by atoms with Crippen molar-refractivity contribution in [3.8, 4) is 16.9 Å². The van der Waals surface area contributed by atoms with Gasteiger partial charge in [-0.05, 0) is 67.9 Å². The van der Waals surface area contributed by atoms with Crippen LogP contribution in [0.5, 0.6) is 0 Å². The second-order valence-corrected chi connectivity index (χ2v) is 12.5. The first-order chi connectivity index (χ1) is 20.3. The molecule has 0 radical (unpaired) electrons. The molecular formula is C37H23N3S. The Morgan fingerprint density at radius 1 is 0.756 bits per heavy atom. The van der Waals surface area contributed by atoms with Crippen LogP contribution in [0.1, 0.15) is 29.7 Å². The average Bonchev–Trinajstić information content (AvgIpc) is 3.52. The Kier molecular flexibility index (Phi) is 4.11. The molecule has 2 aliphatic carbocycles. The van der Waals surface area contributed by atoms with Gasteiger partial charge in [0.1, 0.15) is 10.3 Å². The summed E-state index contributed by atoms with van der Waals surface area (Å²) in [6, 6.07) is 33.3. The summed E-state index contributed by atoms with van der Waals surface area (Å²) >= 11 is 1.73. The monoisotopic (exact) mass is 541 g/mol. The fourth-order valence-electron chi connectivity index (χ4n) is 7.65. The molecule has 3 aromatic heterocycles. The molecule has 3 heterocycles. The van der Waals surface area contributed by atoms with Gasteiger partial charge in [-0.15, -0.1) is 11.3 Å². The van der Waals surface area contributed by atoms with E-state index >= 15 is 0 Å². The van der Waals surface area contributed by atoms with Crippen LogP contribution in [0.3, 0.4) is 0 Å². The zero-order chi connectivity index (χ0) is 26.8. The first-order valence-electron chi connectivity index (χ1n) is 14.2. The van der Waals surface area contributed by atoms with Crippen LogP contribution in [0.4, 0.5) is 0 Å². The largest absolute Gasteiger partial charge is 0.293 e. The summed E-state index contributed by atoms with van der Waals surface area (Å²) < 4.78 is 3.58. The van der Waals surface area contributed by atoms with Crippen molar-refractivity contribution in [3.63, 3.8) is 0 Å². The highest BCUT2D eigenvalue weighted by Crippen LogP contribution is 2.53. The maximum absolute atomic E-state index is 5.31. The lowest BCUT2D eigenvalue weighted by atomic mass is 9.77. The van der Waals surface area contributed by atoms with Crippen molar-refractivity contribution in [2.24, 2.45) is 5.92 Å². The van der Waals surface area contributed by atoms with E-state index in [2.05, 4.69) is 115 Å². The van der Waals surface area contributed by atoms with Crippen LogP contribution in [0.2, 0.25) is 0 Å². The van der Waals surface area contributed by atoms with Gasteiger partial charge in [-0.2, -0.15) is 0 Å². The number of rotatable bonds is 1. The van der Waals surface area contributed by atoms with Crippen LogP contribution in [0.25, 0.3) is 75.9 Å². The maximum Gasteiger partial charge on any atom is 0.157 e. The molecule has 5 aromatic carbocycles. The van der Waals surface area contributed by atoms with Gasteiger partial charge in [-0.25, -0.2) is 9.97 Å². The number of hydrogen-bond acceptors (Lipinski definition) is 3. The summed E-state index contributed by atoms with van der Waals surface area (Å²) in [5, 5.41) is 7.72. The van der Waals surface area contributed by atoms with E-state index in [4.69, 9.17) is 9.97 Å². The summed E-state index contributed by atoms with van der Waals surface area (Å²) in [6.07, 6.45) is 6.68. The van der Waals surface area contributed by atoms with E-state index in [-0.39, 0.29) is 5.92 Å². The molecule has 0 bridgehead atoms. The number of benzene rings is 5. The summed E-state index contributed by atoms with van der Waals surface area (Å²) in [4.78, 5) is 11.4. The minimum absolute atomic E-state index is 0.277. The number of aromatic nitrogens is 3. The van der Waals surface area contributed by atoms with Gasteiger partial charge >= 0.3 is 0 Å². The van der Waals surface area contributed by atoms with Crippen molar-refractivity contribution in [2.75, 3.05) is 0 Å². The van der Waals surface area contributed by atoms with Crippen LogP contribution in [-0.4, -0.2) is 14.5 Å². The van der Waals surface area contributed by atoms with E-state index in [1.54, 1.807) is 11.3 Å². The third-order valence-electron chi connectivity index (χ3n) is 9.32. The van der Waals surface area contributed by atoms with Gasteiger partial charge in [0.25, 0.3) is 0 Å². The normalized spacial score (nSPS) is 17.3. The van der Waals surface area contributed by atoms with E-state index in [9.17, 15) is 0 Å². The molecule has 0 saturated carbocycles. The molecule has 8 aromatic rings. The van der Waals surface area contributed by atoms with Crippen LogP contribution >= 0.6 is 11.3 Å². The Morgan fingerprint density at radius 3 is 2.49 bits per heavy atom. The molecule has 0 saturated heterocycles. The first kappa shape index (κ1) is 22.0. The van der Waals surface area contributed by atoms with Gasteiger partial charge in [0.2, 0.25) is 0 Å². The first-order valence-corrected chi connectivity index (χ1v) is 15.0. The Labute approximate surface area is 240 Å². The maximum atomic E-state index is 5.31. The van der Waals surface area contributed by atoms with Crippen molar-refractivity contribution in [3.05, 3.63) is 120 Å². The molecule has 0 aliphatic heterocycles. The minimum Gasteiger partial charge on any atom is -0.293 e. The second kappa shape index (κ2) is 7.68. The van der Waals surface area contributed by atoms with E-state index < -0.39 is 0 Å². The minimum atomic E-state index is 0.277.